The Balaban J connectivity index is 1.62. The Morgan fingerprint density at radius 2 is 1.86 bits per heavy atom. The van der Waals surface area contributed by atoms with Gasteiger partial charge in [0.2, 0.25) is 0 Å². The van der Waals surface area contributed by atoms with E-state index in [0.29, 0.717) is 11.0 Å². The van der Waals surface area contributed by atoms with Crippen LogP contribution in [-0.4, -0.2) is 28.3 Å². The zero-order valence-electron chi connectivity index (χ0n) is 19.0. The Hall–Kier alpha value is -4.45. The molecule has 0 fully saturated rings. The number of benzene rings is 2. The SMILES string of the molecule is CCOC(=O)c1nn(-c2ccc(C(F)(F)F)cc2)c(=O)c2c(NC(=O)c3cc4ccccc4o3)scc12. The third kappa shape index (κ3) is 4.47. The Labute approximate surface area is 209 Å². The van der Waals surface area contributed by atoms with E-state index in [-0.39, 0.29) is 39.5 Å². The maximum absolute atomic E-state index is 13.4. The van der Waals surface area contributed by atoms with E-state index in [9.17, 15) is 27.6 Å². The predicted molar refractivity (Wildman–Crippen MR) is 130 cm³/mol. The summed E-state index contributed by atoms with van der Waals surface area (Å²) >= 11 is 0.983. The zero-order valence-corrected chi connectivity index (χ0v) is 19.8. The number of furan rings is 1. The molecule has 0 radical (unpaired) electrons. The van der Waals surface area contributed by atoms with Crippen LogP contribution < -0.4 is 10.9 Å². The van der Waals surface area contributed by atoms with Crippen LogP contribution in [0.25, 0.3) is 27.4 Å². The number of alkyl halides is 3. The number of carbonyl (C=O) groups is 2. The number of nitrogens with zero attached hydrogens (tertiary/aromatic N) is 2. The van der Waals surface area contributed by atoms with Gasteiger partial charge in [-0.05, 0) is 43.3 Å². The van der Waals surface area contributed by atoms with E-state index in [1.165, 1.54) is 5.38 Å². The molecule has 0 bridgehead atoms. The average molecular weight is 527 g/mol. The first-order valence-electron chi connectivity index (χ1n) is 10.9. The van der Waals surface area contributed by atoms with Gasteiger partial charge in [-0.1, -0.05) is 18.2 Å². The van der Waals surface area contributed by atoms with Crippen LogP contribution in [0.15, 0.2) is 69.2 Å². The molecule has 2 aromatic carbocycles. The van der Waals surface area contributed by atoms with Crippen LogP contribution in [0.4, 0.5) is 18.2 Å². The second-order valence-corrected chi connectivity index (χ2v) is 8.67. The molecular formula is C25H16F3N3O5S. The molecule has 188 valence electrons. The number of aromatic nitrogens is 2. The van der Waals surface area contributed by atoms with Gasteiger partial charge in [-0.3, -0.25) is 9.59 Å². The first-order chi connectivity index (χ1) is 17.7. The summed E-state index contributed by atoms with van der Waals surface area (Å²) in [5.74, 6) is -1.46. The molecule has 0 atom stereocenters. The minimum absolute atomic E-state index is 0.00508. The molecule has 8 nitrogen and oxygen atoms in total. The van der Waals surface area contributed by atoms with Crippen LogP contribution in [0.5, 0.6) is 0 Å². The molecule has 1 amide bonds. The van der Waals surface area contributed by atoms with Crippen LogP contribution >= 0.6 is 11.3 Å². The van der Waals surface area contributed by atoms with E-state index < -0.39 is 29.2 Å². The van der Waals surface area contributed by atoms with Crippen molar-refractivity contribution in [2.45, 2.75) is 13.1 Å². The number of ether oxygens (including phenoxy) is 1. The maximum atomic E-state index is 13.4. The van der Waals surface area contributed by atoms with Crippen LogP contribution in [0.1, 0.15) is 33.5 Å². The summed E-state index contributed by atoms with van der Waals surface area (Å²) in [5.41, 5.74) is -1.39. The molecule has 3 aromatic heterocycles. The molecule has 3 heterocycles. The smallest absolute Gasteiger partial charge is 0.416 e. The predicted octanol–water partition coefficient (Wildman–Crippen LogP) is 5.64. The number of carbonyl (C=O) groups excluding carboxylic acids is 2. The van der Waals surface area contributed by atoms with Crippen LogP contribution in [0.2, 0.25) is 0 Å². The lowest BCUT2D eigenvalue weighted by molar-refractivity contribution is -0.137. The van der Waals surface area contributed by atoms with Crippen molar-refractivity contribution in [3.8, 4) is 5.69 Å². The number of nitrogens with one attached hydrogen (secondary N) is 1. The number of thiophene rings is 1. The third-order valence-corrected chi connectivity index (χ3v) is 6.33. The Morgan fingerprint density at radius 3 is 2.54 bits per heavy atom. The molecule has 0 aliphatic carbocycles. The Kier molecular flexibility index (Phi) is 6.04. The van der Waals surface area contributed by atoms with Crippen molar-refractivity contribution in [1.29, 1.82) is 0 Å². The molecule has 0 aliphatic heterocycles. The van der Waals surface area contributed by atoms with Gasteiger partial charge in [-0.15, -0.1) is 11.3 Å². The number of para-hydroxylation sites is 1. The van der Waals surface area contributed by atoms with Crippen molar-refractivity contribution in [3.63, 3.8) is 0 Å². The molecule has 0 unspecified atom stereocenters. The fourth-order valence-corrected chi connectivity index (χ4v) is 4.65. The van der Waals surface area contributed by atoms with E-state index in [1.807, 2.05) is 0 Å². The summed E-state index contributed by atoms with van der Waals surface area (Å²) in [4.78, 5) is 39.0. The van der Waals surface area contributed by atoms with E-state index >= 15 is 0 Å². The summed E-state index contributed by atoms with van der Waals surface area (Å²) in [5, 5.41) is 9.10. The summed E-state index contributed by atoms with van der Waals surface area (Å²) in [7, 11) is 0. The minimum Gasteiger partial charge on any atom is -0.461 e. The normalized spacial score (nSPS) is 11.7. The van der Waals surface area contributed by atoms with Gasteiger partial charge in [-0.25, -0.2) is 4.79 Å². The lowest BCUT2D eigenvalue weighted by Crippen LogP contribution is -2.25. The van der Waals surface area contributed by atoms with Gasteiger partial charge >= 0.3 is 12.1 Å². The molecular weight excluding hydrogens is 511 g/mol. The van der Waals surface area contributed by atoms with Crippen molar-refractivity contribution >= 4 is 50.0 Å². The summed E-state index contributed by atoms with van der Waals surface area (Å²) < 4.78 is 50.5. The van der Waals surface area contributed by atoms with Gasteiger partial charge in [0.25, 0.3) is 11.5 Å². The van der Waals surface area contributed by atoms with E-state index in [0.717, 1.165) is 40.3 Å². The third-order valence-electron chi connectivity index (χ3n) is 5.44. The van der Waals surface area contributed by atoms with Crippen LogP contribution in [-0.2, 0) is 10.9 Å². The Bertz CT molecular complexity index is 1690. The highest BCUT2D eigenvalue weighted by atomic mass is 32.1. The fourth-order valence-electron chi connectivity index (χ4n) is 3.72. The fraction of sp³-hybridized carbons (Fsp3) is 0.120. The first-order valence-corrected chi connectivity index (χ1v) is 11.7. The highest BCUT2D eigenvalue weighted by molar-refractivity contribution is 7.16. The Morgan fingerprint density at radius 1 is 1.14 bits per heavy atom. The average Bonchev–Trinajstić information content (AvgIpc) is 3.49. The van der Waals surface area contributed by atoms with Crippen molar-refractivity contribution < 1.29 is 31.9 Å². The minimum atomic E-state index is -4.57. The first kappa shape index (κ1) is 24.3. The second kappa shape index (κ2) is 9.21. The molecule has 0 aliphatic rings. The zero-order chi connectivity index (χ0) is 26.3. The number of halogens is 3. The summed E-state index contributed by atoms with van der Waals surface area (Å²) in [6.07, 6.45) is -4.57. The standard InChI is InChI=1S/C25H16F3N3O5S/c1-2-35-24(34)20-16-12-37-22(29-21(32)18-11-13-5-3-4-6-17(13)36-18)19(16)23(33)31(30-20)15-9-7-14(8-10-15)25(26,27)28/h3-12H,2H2,1H3,(H,29,32). The molecule has 12 heteroatoms. The van der Waals surface area contributed by atoms with Crippen molar-refractivity contribution in [2.75, 3.05) is 11.9 Å². The number of esters is 1. The summed E-state index contributed by atoms with van der Waals surface area (Å²) in [6, 6.07) is 12.3. The molecule has 37 heavy (non-hydrogen) atoms. The van der Waals surface area contributed by atoms with E-state index in [4.69, 9.17) is 9.15 Å². The van der Waals surface area contributed by atoms with E-state index in [1.54, 1.807) is 37.3 Å². The van der Waals surface area contributed by atoms with Gasteiger partial charge in [0.15, 0.2) is 11.5 Å². The van der Waals surface area contributed by atoms with E-state index in [2.05, 4.69) is 10.4 Å². The second-order valence-electron chi connectivity index (χ2n) is 7.79. The number of hydrogen-bond donors (Lipinski definition) is 1. The molecule has 5 rings (SSSR count). The van der Waals surface area contributed by atoms with Gasteiger partial charge < -0.3 is 14.5 Å². The molecule has 0 saturated carbocycles. The highest BCUT2D eigenvalue weighted by Crippen LogP contribution is 2.32. The van der Waals surface area contributed by atoms with Crippen molar-refractivity contribution in [2.24, 2.45) is 0 Å². The number of hydrogen-bond acceptors (Lipinski definition) is 7. The topological polar surface area (TPSA) is 103 Å². The molecule has 0 spiro atoms. The lowest BCUT2D eigenvalue weighted by atomic mass is 10.2. The van der Waals surface area contributed by atoms with Gasteiger partial charge in [0.1, 0.15) is 10.6 Å². The highest BCUT2D eigenvalue weighted by Gasteiger charge is 2.30. The largest absolute Gasteiger partial charge is 0.461 e. The van der Waals surface area contributed by atoms with Crippen molar-refractivity contribution in [1.82, 2.24) is 9.78 Å². The van der Waals surface area contributed by atoms with Crippen LogP contribution in [0, 0.1) is 0 Å². The molecule has 0 saturated heterocycles. The lowest BCUT2D eigenvalue weighted by Gasteiger charge is -2.11. The number of rotatable bonds is 5. The van der Waals surface area contributed by atoms with Crippen molar-refractivity contribution in [3.05, 3.63) is 87.3 Å². The van der Waals surface area contributed by atoms with Gasteiger partial charge in [-0.2, -0.15) is 23.0 Å². The van der Waals surface area contributed by atoms with Gasteiger partial charge in [0, 0.05) is 16.2 Å². The quantitative estimate of drug-likeness (QED) is 0.297. The number of fused-ring (bicyclic) bond motifs is 2. The molecule has 1 N–H and O–H groups in total. The maximum Gasteiger partial charge on any atom is 0.416 e. The van der Waals surface area contributed by atoms with Crippen LogP contribution in [0.3, 0.4) is 0 Å². The van der Waals surface area contributed by atoms with Gasteiger partial charge in [0.05, 0.1) is 23.2 Å². The summed E-state index contributed by atoms with van der Waals surface area (Å²) in [6.45, 7) is 1.62. The number of anilines is 1. The monoisotopic (exact) mass is 527 g/mol. The number of amides is 1. The molecule has 5 aromatic rings.